The largest absolute Gasteiger partial charge is 0.493 e. The minimum Gasteiger partial charge on any atom is -0.493 e. The van der Waals surface area contributed by atoms with E-state index in [1.54, 1.807) is 13.4 Å². The molecule has 4 heteroatoms. The summed E-state index contributed by atoms with van der Waals surface area (Å²) in [5, 5.41) is 4.55. The smallest absolute Gasteiger partial charge is 0.176 e. The molecule has 2 aromatic rings. The van der Waals surface area contributed by atoms with E-state index in [9.17, 15) is 0 Å². The predicted octanol–water partition coefficient (Wildman–Crippen LogP) is 3.67. The van der Waals surface area contributed by atoms with Crippen LogP contribution in [0, 0.1) is 0 Å². The zero-order valence-electron chi connectivity index (χ0n) is 10.3. The third kappa shape index (κ3) is 1.93. The average Bonchev–Trinajstić information content (AvgIpc) is 2.90. The molecule has 1 aliphatic rings. The van der Waals surface area contributed by atoms with E-state index in [-0.39, 0.29) is 0 Å². The summed E-state index contributed by atoms with van der Waals surface area (Å²) in [4.78, 5) is 0. The zero-order valence-corrected chi connectivity index (χ0v) is 11.9. The van der Waals surface area contributed by atoms with Crippen LogP contribution in [0.15, 0.2) is 27.3 Å². The van der Waals surface area contributed by atoms with Crippen LogP contribution in [0.5, 0.6) is 5.75 Å². The van der Waals surface area contributed by atoms with E-state index in [1.165, 1.54) is 18.4 Å². The van der Waals surface area contributed by atoms with Crippen molar-refractivity contribution in [2.45, 2.75) is 18.8 Å². The van der Waals surface area contributed by atoms with Crippen molar-refractivity contribution in [3.05, 3.63) is 28.4 Å². The highest BCUT2D eigenvalue weighted by molar-refractivity contribution is 9.10. The van der Waals surface area contributed by atoms with Crippen molar-refractivity contribution < 1.29 is 9.15 Å². The number of hydrogen-bond acceptors (Lipinski definition) is 3. The molecule has 96 valence electrons. The topological polar surface area (TPSA) is 34.4 Å². The maximum atomic E-state index is 5.49. The summed E-state index contributed by atoms with van der Waals surface area (Å²) in [6, 6.07) is 4.09. The fourth-order valence-electron chi connectivity index (χ4n) is 2.66. The Kier molecular flexibility index (Phi) is 3.31. The van der Waals surface area contributed by atoms with Crippen molar-refractivity contribution in [1.29, 1.82) is 0 Å². The molecule has 1 atom stereocenters. The Hall–Kier alpha value is -1.00. The first kappa shape index (κ1) is 12.1. The molecular weight excluding hydrogens is 294 g/mol. The van der Waals surface area contributed by atoms with Gasteiger partial charge >= 0.3 is 0 Å². The van der Waals surface area contributed by atoms with Gasteiger partial charge in [-0.1, -0.05) is 0 Å². The highest BCUT2D eigenvalue weighted by atomic mass is 79.9. The van der Waals surface area contributed by atoms with Gasteiger partial charge in [-0.25, -0.2) is 0 Å². The molecule has 1 aliphatic heterocycles. The first-order valence-corrected chi connectivity index (χ1v) is 7.05. The number of benzene rings is 1. The molecule has 3 rings (SSSR count). The average molecular weight is 310 g/mol. The molecule has 0 bridgehead atoms. The maximum absolute atomic E-state index is 5.49. The Morgan fingerprint density at radius 2 is 2.39 bits per heavy atom. The molecule has 0 saturated carbocycles. The van der Waals surface area contributed by atoms with Crippen LogP contribution in [-0.4, -0.2) is 20.2 Å². The van der Waals surface area contributed by atoms with Gasteiger partial charge in [0, 0.05) is 16.4 Å². The first-order valence-electron chi connectivity index (χ1n) is 6.25. The third-order valence-electron chi connectivity index (χ3n) is 3.62. The van der Waals surface area contributed by atoms with Crippen molar-refractivity contribution in [1.82, 2.24) is 5.32 Å². The van der Waals surface area contributed by atoms with Crippen molar-refractivity contribution >= 4 is 26.9 Å². The van der Waals surface area contributed by atoms with E-state index in [4.69, 9.17) is 9.15 Å². The van der Waals surface area contributed by atoms with Crippen molar-refractivity contribution in [2.24, 2.45) is 0 Å². The molecule has 1 unspecified atom stereocenters. The molecule has 3 nitrogen and oxygen atoms in total. The van der Waals surface area contributed by atoms with E-state index in [1.807, 2.05) is 6.07 Å². The van der Waals surface area contributed by atoms with Gasteiger partial charge in [0.2, 0.25) is 0 Å². The SMILES string of the molecule is COc1cc(C2CCCNC2)c(Br)c2ccoc12. The van der Waals surface area contributed by atoms with Gasteiger partial charge in [-0.05, 0) is 58.9 Å². The third-order valence-corrected chi connectivity index (χ3v) is 4.51. The van der Waals surface area contributed by atoms with Gasteiger partial charge in [0.15, 0.2) is 11.3 Å². The lowest BCUT2D eigenvalue weighted by atomic mass is 9.91. The summed E-state index contributed by atoms with van der Waals surface area (Å²) >= 11 is 3.72. The van der Waals surface area contributed by atoms with E-state index >= 15 is 0 Å². The van der Waals surface area contributed by atoms with Gasteiger partial charge in [-0.15, -0.1) is 0 Å². The monoisotopic (exact) mass is 309 g/mol. The summed E-state index contributed by atoms with van der Waals surface area (Å²) in [5.41, 5.74) is 2.13. The minimum absolute atomic E-state index is 0.543. The molecule has 0 aliphatic carbocycles. The Balaban J connectivity index is 2.12. The number of methoxy groups -OCH3 is 1. The Morgan fingerprint density at radius 3 is 3.11 bits per heavy atom. The highest BCUT2D eigenvalue weighted by Gasteiger charge is 2.21. The Labute approximate surface area is 115 Å². The Morgan fingerprint density at radius 1 is 1.50 bits per heavy atom. The van der Waals surface area contributed by atoms with Crippen LogP contribution in [0.1, 0.15) is 24.3 Å². The number of nitrogens with one attached hydrogen (secondary N) is 1. The lowest BCUT2D eigenvalue weighted by molar-refractivity contribution is 0.407. The van der Waals surface area contributed by atoms with Crippen LogP contribution in [-0.2, 0) is 0 Å². The number of piperidine rings is 1. The number of fused-ring (bicyclic) bond motifs is 1. The summed E-state index contributed by atoms with van der Waals surface area (Å²) in [6.45, 7) is 2.16. The van der Waals surface area contributed by atoms with E-state index < -0.39 is 0 Å². The summed E-state index contributed by atoms with van der Waals surface area (Å²) in [6.07, 6.45) is 4.15. The van der Waals surface area contributed by atoms with E-state index in [0.29, 0.717) is 5.92 Å². The fraction of sp³-hybridized carbons (Fsp3) is 0.429. The molecule has 1 saturated heterocycles. The van der Waals surface area contributed by atoms with Crippen LogP contribution in [0.4, 0.5) is 0 Å². The molecule has 18 heavy (non-hydrogen) atoms. The molecule has 0 amide bonds. The second-order valence-corrected chi connectivity index (χ2v) is 5.48. The molecule has 0 radical (unpaired) electrons. The number of hydrogen-bond donors (Lipinski definition) is 1. The maximum Gasteiger partial charge on any atom is 0.176 e. The van der Waals surface area contributed by atoms with Crippen LogP contribution < -0.4 is 10.1 Å². The van der Waals surface area contributed by atoms with Crippen LogP contribution in [0.25, 0.3) is 11.0 Å². The molecule has 1 aromatic carbocycles. The quantitative estimate of drug-likeness (QED) is 0.919. The number of ether oxygens (including phenoxy) is 1. The zero-order chi connectivity index (χ0) is 12.5. The summed E-state index contributed by atoms with van der Waals surface area (Å²) in [5.74, 6) is 1.36. The lowest BCUT2D eigenvalue weighted by Gasteiger charge is -2.24. The van der Waals surface area contributed by atoms with Crippen LogP contribution in [0.3, 0.4) is 0 Å². The van der Waals surface area contributed by atoms with Gasteiger partial charge in [-0.2, -0.15) is 0 Å². The predicted molar refractivity (Wildman–Crippen MR) is 75.3 cm³/mol. The number of halogens is 1. The van der Waals surface area contributed by atoms with Gasteiger partial charge in [0.1, 0.15) is 0 Å². The molecular formula is C14H16BrNO2. The Bertz CT molecular complexity index is 558. The van der Waals surface area contributed by atoms with Gasteiger partial charge in [0.25, 0.3) is 0 Å². The number of furan rings is 1. The normalized spacial score (nSPS) is 20.2. The molecule has 2 heterocycles. The fourth-order valence-corrected chi connectivity index (χ4v) is 3.41. The second kappa shape index (κ2) is 4.94. The van der Waals surface area contributed by atoms with Gasteiger partial charge in [0.05, 0.1) is 13.4 Å². The van der Waals surface area contributed by atoms with Gasteiger partial charge in [-0.3, -0.25) is 0 Å². The highest BCUT2D eigenvalue weighted by Crippen LogP contribution is 2.40. The van der Waals surface area contributed by atoms with Crippen molar-refractivity contribution in [3.63, 3.8) is 0 Å². The van der Waals surface area contributed by atoms with Crippen molar-refractivity contribution in [2.75, 3.05) is 20.2 Å². The number of rotatable bonds is 2. The molecule has 0 spiro atoms. The standard InChI is InChI=1S/C14H16BrNO2/c1-17-12-7-11(9-3-2-5-16-8-9)13(15)10-4-6-18-14(10)12/h4,6-7,9,16H,2-3,5,8H2,1H3. The lowest BCUT2D eigenvalue weighted by Crippen LogP contribution is -2.28. The summed E-state index contributed by atoms with van der Waals surface area (Å²) < 4.78 is 12.1. The second-order valence-electron chi connectivity index (χ2n) is 4.69. The van der Waals surface area contributed by atoms with Crippen LogP contribution in [0.2, 0.25) is 0 Å². The molecule has 1 fully saturated rings. The van der Waals surface area contributed by atoms with Gasteiger partial charge < -0.3 is 14.5 Å². The first-order chi connectivity index (χ1) is 8.81. The molecule has 1 aromatic heterocycles. The summed E-state index contributed by atoms with van der Waals surface area (Å²) in [7, 11) is 1.69. The van der Waals surface area contributed by atoms with Crippen LogP contribution >= 0.6 is 15.9 Å². The molecule has 1 N–H and O–H groups in total. The van der Waals surface area contributed by atoms with E-state index in [0.717, 1.165) is 34.3 Å². The van der Waals surface area contributed by atoms with Crippen molar-refractivity contribution in [3.8, 4) is 5.75 Å². The van der Waals surface area contributed by atoms with E-state index in [2.05, 4.69) is 27.3 Å². The minimum atomic E-state index is 0.543.